The number of benzene rings is 2. The first kappa shape index (κ1) is 26.6. The van der Waals surface area contributed by atoms with E-state index in [1.54, 1.807) is 19.1 Å². The third kappa shape index (κ3) is 6.09. The molecule has 38 heavy (non-hydrogen) atoms. The molecule has 0 fully saturated rings. The SMILES string of the molecule is Cc1ccc(NC(=O)c2cc([C@H](C)NC(=O)c3ncnc(Nc4ccccc4)c3Cl)no2)cc1C(F)(F)F. The molecule has 0 radical (unpaired) electrons. The van der Waals surface area contributed by atoms with Crippen LogP contribution in [0.15, 0.2) is 65.4 Å². The van der Waals surface area contributed by atoms with Gasteiger partial charge in [-0.25, -0.2) is 9.97 Å². The van der Waals surface area contributed by atoms with Crippen molar-refractivity contribution in [2.45, 2.75) is 26.1 Å². The Morgan fingerprint density at radius 3 is 2.45 bits per heavy atom. The molecule has 2 aromatic heterocycles. The number of nitrogens with one attached hydrogen (secondary N) is 3. The molecule has 0 aliphatic heterocycles. The summed E-state index contributed by atoms with van der Waals surface area (Å²) < 4.78 is 44.5. The number of anilines is 3. The summed E-state index contributed by atoms with van der Waals surface area (Å²) in [7, 11) is 0. The molecule has 0 saturated heterocycles. The van der Waals surface area contributed by atoms with Crippen molar-refractivity contribution in [3.63, 3.8) is 0 Å². The standard InChI is InChI=1S/C25H20ClF3N6O3/c1-13-8-9-16(10-17(13)25(27,28)29)34-23(36)19-11-18(35-38-19)14(2)32-24(37)21-20(26)22(31-12-30-21)33-15-6-4-3-5-7-15/h3-12,14H,1-2H3,(H,32,37)(H,34,36)(H,30,31,33)/t14-/m0/s1. The van der Waals surface area contributed by atoms with Crippen LogP contribution in [0.5, 0.6) is 0 Å². The highest BCUT2D eigenvalue weighted by Crippen LogP contribution is 2.33. The van der Waals surface area contributed by atoms with Gasteiger partial charge in [0.1, 0.15) is 17.0 Å². The number of carbonyl (C=O) groups excluding carboxylic acids is 2. The smallest absolute Gasteiger partial charge is 0.351 e. The third-order valence-electron chi connectivity index (χ3n) is 5.39. The molecule has 0 aliphatic rings. The molecule has 0 saturated carbocycles. The Bertz CT molecular complexity index is 1480. The zero-order chi connectivity index (χ0) is 27.4. The van der Waals surface area contributed by atoms with Crippen LogP contribution in [-0.2, 0) is 6.18 Å². The van der Waals surface area contributed by atoms with Gasteiger partial charge in [0, 0.05) is 17.4 Å². The molecule has 13 heteroatoms. The first-order valence-electron chi connectivity index (χ1n) is 11.1. The van der Waals surface area contributed by atoms with Crippen LogP contribution in [-0.4, -0.2) is 26.9 Å². The molecule has 2 amide bonds. The van der Waals surface area contributed by atoms with Gasteiger partial charge in [0.25, 0.3) is 11.8 Å². The van der Waals surface area contributed by atoms with Crippen LogP contribution in [0, 0.1) is 6.92 Å². The van der Waals surface area contributed by atoms with Crippen molar-refractivity contribution in [1.29, 1.82) is 0 Å². The predicted molar refractivity (Wildman–Crippen MR) is 133 cm³/mol. The molecule has 2 aromatic carbocycles. The van der Waals surface area contributed by atoms with E-state index in [-0.39, 0.29) is 39.2 Å². The molecule has 0 bridgehead atoms. The fourth-order valence-corrected chi connectivity index (χ4v) is 3.64. The number of rotatable bonds is 7. The topological polar surface area (TPSA) is 122 Å². The van der Waals surface area contributed by atoms with E-state index in [1.165, 1.54) is 31.5 Å². The summed E-state index contributed by atoms with van der Waals surface area (Å²) in [6, 6.07) is 13.0. The number of alkyl halides is 3. The van der Waals surface area contributed by atoms with Crippen molar-refractivity contribution in [3.8, 4) is 0 Å². The van der Waals surface area contributed by atoms with Gasteiger partial charge in [-0.2, -0.15) is 13.2 Å². The van der Waals surface area contributed by atoms with Crippen LogP contribution >= 0.6 is 11.6 Å². The second kappa shape index (κ2) is 10.9. The lowest BCUT2D eigenvalue weighted by Crippen LogP contribution is -2.28. The van der Waals surface area contributed by atoms with E-state index in [0.717, 1.165) is 6.07 Å². The summed E-state index contributed by atoms with van der Waals surface area (Å²) in [6.07, 6.45) is -3.38. The van der Waals surface area contributed by atoms with Gasteiger partial charge in [-0.3, -0.25) is 9.59 Å². The summed E-state index contributed by atoms with van der Waals surface area (Å²) in [6.45, 7) is 2.91. The Balaban J connectivity index is 1.43. The Morgan fingerprint density at radius 2 is 1.74 bits per heavy atom. The van der Waals surface area contributed by atoms with Crippen molar-refractivity contribution in [3.05, 3.63) is 94.2 Å². The number of hydrogen-bond acceptors (Lipinski definition) is 7. The Morgan fingerprint density at radius 1 is 1.00 bits per heavy atom. The molecule has 0 unspecified atom stereocenters. The summed E-state index contributed by atoms with van der Waals surface area (Å²) in [5.74, 6) is -1.47. The largest absolute Gasteiger partial charge is 0.416 e. The van der Waals surface area contributed by atoms with Crippen LogP contribution in [0.25, 0.3) is 0 Å². The molecule has 9 nitrogen and oxygen atoms in total. The first-order chi connectivity index (χ1) is 18.0. The molecule has 4 rings (SSSR count). The Kier molecular flexibility index (Phi) is 7.62. The molecule has 0 aliphatic carbocycles. The van der Waals surface area contributed by atoms with Gasteiger partial charge >= 0.3 is 6.18 Å². The highest BCUT2D eigenvalue weighted by atomic mass is 35.5. The first-order valence-corrected chi connectivity index (χ1v) is 11.5. The number of hydrogen-bond donors (Lipinski definition) is 3. The molecule has 1 atom stereocenters. The van der Waals surface area contributed by atoms with Gasteiger partial charge in [0.05, 0.1) is 11.6 Å². The van der Waals surface area contributed by atoms with Gasteiger partial charge < -0.3 is 20.5 Å². The zero-order valence-electron chi connectivity index (χ0n) is 19.9. The average Bonchev–Trinajstić information content (AvgIpc) is 3.37. The number of para-hydroxylation sites is 1. The second-order valence-electron chi connectivity index (χ2n) is 8.17. The van der Waals surface area contributed by atoms with E-state index >= 15 is 0 Å². The van der Waals surface area contributed by atoms with Gasteiger partial charge in [-0.15, -0.1) is 0 Å². The molecule has 4 aromatic rings. The van der Waals surface area contributed by atoms with Crippen LogP contribution in [0.2, 0.25) is 5.02 Å². The van der Waals surface area contributed by atoms with Crippen molar-refractivity contribution in [2.75, 3.05) is 10.6 Å². The van der Waals surface area contributed by atoms with Crippen molar-refractivity contribution in [1.82, 2.24) is 20.4 Å². The van der Waals surface area contributed by atoms with E-state index in [2.05, 4.69) is 31.1 Å². The van der Waals surface area contributed by atoms with Crippen LogP contribution in [0.3, 0.4) is 0 Å². The van der Waals surface area contributed by atoms with Crippen LogP contribution in [0.4, 0.5) is 30.4 Å². The third-order valence-corrected chi connectivity index (χ3v) is 5.74. The minimum Gasteiger partial charge on any atom is -0.351 e. The number of carbonyl (C=O) groups is 2. The molecule has 196 valence electrons. The quantitative estimate of drug-likeness (QED) is 0.263. The fraction of sp³-hybridized carbons (Fsp3) is 0.160. The number of aryl methyl sites for hydroxylation is 1. The van der Waals surface area contributed by atoms with Gasteiger partial charge in [0.15, 0.2) is 11.5 Å². The van der Waals surface area contributed by atoms with Gasteiger partial charge in [-0.05, 0) is 43.7 Å². The van der Waals surface area contributed by atoms with E-state index in [0.29, 0.717) is 5.69 Å². The normalized spacial score (nSPS) is 12.1. The number of halogens is 4. The van der Waals surface area contributed by atoms with Crippen molar-refractivity contribution >= 4 is 40.6 Å². The van der Waals surface area contributed by atoms with Crippen molar-refractivity contribution in [2.24, 2.45) is 0 Å². The summed E-state index contributed by atoms with van der Waals surface area (Å²) in [5.41, 5.74) is -0.0966. The van der Waals surface area contributed by atoms with Gasteiger partial charge in [0.2, 0.25) is 5.76 Å². The maximum atomic E-state index is 13.2. The average molecular weight is 545 g/mol. The lowest BCUT2D eigenvalue weighted by molar-refractivity contribution is -0.138. The van der Waals surface area contributed by atoms with E-state index < -0.39 is 29.6 Å². The maximum Gasteiger partial charge on any atom is 0.416 e. The minimum absolute atomic E-state index is 0.00223. The second-order valence-corrected chi connectivity index (χ2v) is 8.55. The number of aromatic nitrogens is 3. The molecule has 3 N–H and O–H groups in total. The van der Waals surface area contributed by atoms with E-state index in [4.69, 9.17) is 16.1 Å². The zero-order valence-corrected chi connectivity index (χ0v) is 20.7. The Labute approximate surface area is 219 Å². The molecule has 2 heterocycles. The molecular weight excluding hydrogens is 525 g/mol. The Hall–Kier alpha value is -4.45. The monoisotopic (exact) mass is 544 g/mol. The predicted octanol–water partition coefficient (Wildman–Crippen LogP) is 5.93. The van der Waals surface area contributed by atoms with E-state index in [1.807, 2.05) is 18.2 Å². The lowest BCUT2D eigenvalue weighted by atomic mass is 10.1. The van der Waals surface area contributed by atoms with Crippen molar-refractivity contribution < 1.29 is 27.3 Å². The molecular formula is C25H20ClF3N6O3. The summed E-state index contributed by atoms with van der Waals surface area (Å²) >= 11 is 6.35. The van der Waals surface area contributed by atoms with Crippen LogP contribution in [0.1, 0.15) is 50.8 Å². The minimum atomic E-state index is -4.57. The summed E-state index contributed by atoms with van der Waals surface area (Å²) in [4.78, 5) is 33.4. The highest BCUT2D eigenvalue weighted by Gasteiger charge is 2.32. The fourth-order valence-electron chi connectivity index (χ4n) is 3.41. The summed E-state index contributed by atoms with van der Waals surface area (Å²) in [5, 5.41) is 11.8. The van der Waals surface area contributed by atoms with Crippen LogP contribution < -0.4 is 16.0 Å². The highest BCUT2D eigenvalue weighted by molar-refractivity contribution is 6.35. The molecule has 0 spiro atoms. The van der Waals surface area contributed by atoms with Gasteiger partial charge in [-0.1, -0.05) is 41.0 Å². The number of nitrogens with zero attached hydrogens (tertiary/aromatic N) is 3. The maximum absolute atomic E-state index is 13.2. The number of amides is 2. The lowest BCUT2D eigenvalue weighted by Gasteiger charge is -2.13. The van der Waals surface area contributed by atoms with E-state index in [9.17, 15) is 22.8 Å².